The SMILES string of the molecule is CCCCCN(Cc1ccc(-c2ccccc2C#N)cc1)[C@H](C)C(=O)OC. The lowest BCUT2D eigenvalue weighted by Crippen LogP contribution is -2.39. The molecule has 0 aliphatic rings. The second kappa shape index (κ2) is 10.5. The van der Waals surface area contributed by atoms with E-state index in [1.807, 2.05) is 43.3 Å². The van der Waals surface area contributed by atoms with Crippen LogP contribution in [0, 0.1) is 11.3 Å². The lowest BCUT2D eigenvalue weighted by atomic mass is 9.99. The number of methoxy groups -OCH3 is 1. The molecule has 0 radical (unpaired) electrons. The molecule has 0 aliphatic heterocycles. The third-order valence-electron chi connectivity index (χ3n) is 4.84. The molecule has 142 valence electrons. The number of benzene rings is 2. The van der Waals surface area contributed by atoms with Gasteiger partial charge in [-0.1, -0.05) is 62.2 Å². The van der Waals surface area contributed by atoms with E-state index < -0.39 is 0 Å². The molecule has 4 nitrogen and oxygen atoms in total. The highest BCUT2D eigenvalue weighted by Crippen LogP contribution is 2.24. The van der Waals surface area contributed by atoms with Crippen molar-refractivity contribution in [3.05, 3.63) is 59.7 Å². The number of carbonyl (C=O) groups is 1. The first-order valence-corrected chi connectivity index (χ1v) is 9.51. The predicted molar refractivity (Wildman–Crippen MR) is 108 cm³/mol. The lowest BCUT2D eigenvalue weighted by molar-refractivity contribution is -0.146. The summed E-state index contributed by atoms with van der Waals surface area (Å²) in [6.07, 6.45) is 3.35. The Balaban J connectivity index is 2.15. The van der Waals surface area contributed by atoms with Gasteiger partial charge < -0.3 is 4.74 Å². The minimum Gasteiger partial charge on any atom is -0.468 e. The van der Waals surface area contributed by atoms with Gasteiger partial charge in [0.05, 0.1) is 18.7 Å². The summed E-state index contributed by atoms with van der Waals surface area (Å²) in [5.74, 6) is -0.203. The van der Waals surface area contributed by atoms with E-state index in [4.69, 9.17) is 4.74 Å². The van der Waals surface area contributed by atoms with Gasteiger partial charge in [0.1, 0.15) is 6.04 Å². The average Bonchev–Trinajstić information content (AvgIpc) is 2.72. The summed E-state index contributed by atoms with van der Waals surface area (Å²) < 4.78 is 4.93. The number of nitrogens with zero attached hydrogens (tertiary/aromatic N) is 2. The van der Waals surface area contributed by atoms with Crippen molar-refractivity contribution >= 4 is 5.97 Å². The summed E-state index contributed by atoms with van der Waals surface area (Å²) >= 11 is 0. The second-order valence-corrected chi connectivity index (χ2v) is 6.73. The molecule has 0 unspecified atom stereocenters. The Kier molecular flexibility index (Phi) is 8.03. The zero-order valence-electron chi connectivity index (χ0n) is 16.4. The molecule has 27 heavy (non-hydrogen) atoms. The van der Waals surface area contributed by atoms with Crippen molar-refractivity contribution in [1.82, 2.24) is 4.90 Å². The molecule has 4 heteroatoms. The van der Waals surface area contributed by atoms with Crippen molar-refractivity contribution in [3.63, 3.8) is 0 Å². The predicted octanol–water partition coefficient (Wildman–Crippen LogP) is 4.78. The number of hydrogen-bond donors (Lipinski definition) is 0. The van der Waals surface area contributed by atoms with E-state index in [0.29, 0.717) is 12.1 Å². The Hall–Kier alpha value is -2.64. The van der Waals surface area contributed by atoms with Crippen molar-refractivity contribution < 1.29 is 9.53 Å². The van der Waals surface area contributed by atoms with Crippen LogP contribution in [0.3, 0.4) is 0 Å². The van der Waals surface area contributed by atoms with E-state index in [2.05, 4.69) is 30.0 Å². The van der Waals surface area contributed by atoms with Crippen LogP contribution in [-0.2, 0) is 16.1 Å². The van der Waals surface area contributed by atoms with Crippen LogP contribution in [0.2, 0.25) is 0 Å². The first-order chi connectivity index (χ1) is 13.1. The van der Waals surface area contributed by atoms with Gasteiger partial charge in [-0.15, -0.1) is 0 Å². The van der Waals surface area contributed by atoms with Gasteiger partial charge in [0.15, 0.2) is 0 Å². The van der Waals surface area contributed by atoms with E-state index in [0.717, 1.165) is 42.5 Å². The fourth-order valence-electron chi connectivity index (χ4n) is 3.15. The molecule has 0 bridgehead atoms. The lowest BCUT2D eigenvalue weighted by Gasteiger charge is -2.27. The Morgan fingerprint density at radius 3 is 2.48 bits per heavy atom. The smallest absolute Gasteiger partial charge is 0.322 e. The van der Waals surface area contributed by atoms with Crippen molar-refractivity contribution in [1.29, 1.82) is 5.26 Å². The molecule has 1 atom stereocenters. The summed E-state index contributed by atoms with van der Waals surface area (Å²) in [5.41, 5.74) is 3.77. The van der Waals surface area contributed by atoms with Gasteiger partial charge >= 0.3 is 5.97 Å². The Bertz CT molecular complexity index is 778. The first kappa shape index (κ1) is 20.7. The maximum absolute atomic E-state index is 12.0. The van der Waals surface area contributed by atoms with Crippen LogP contribution in [0.15, 0.2) is 48.5 Å². The molecule has 0 spiro atoms. The number of hydrogen-bond acceptors (Lipinski definition) is 4. The van der Waals surface area contributed by atoms with Crippen LogP contribution >= 0.6 is 0 Å². The Morgan fingerprint density at radius 2 is 1.85 bits per heavy atom. The Morgan fingerprint density at radius 1 is 1.15 bits per heavy atom. The number of esters is 1. The molecule has 0 saturated carbocycles. The molecule has 2 aromatic rings. The maximum Gasteiger partial charge on any atom is 0.322 e. The van der Waals surface area contributed by atoms with Crippen LogP contribution in [0.5, 0.6) is 0 Å². The zero-order valence-corrected chi connectivity index (χ0v) is 16.4. The van der Waals surface area contributed by atoms with Gasteiger partial charge in [-0.3, -0.25) is 9.69 Å². The standard InChI is InChI=1S/C23H28N2O2/c1-4-5-8-15-25(18(2)23(26)27-3)17-19-11-13-20(14-12-19)22-10-7-6-9-21(22)16-24/h6-7,9-14,18H,4-5,8,15,17H2,1-3H3/t18-/m1/s1. The van der Waals surface area contributed by atoms with Crippen LogP contribution < -0.4 is 0 Å². The average molecular weight is 364 g/mol. The van der Waals surface area contributed by atoms with Crippen molar-refractivity contribution in [2.24, 2.45) is 0 Å². The molecule has 0 aromatic heterocycles. The summed E-state index contributed by atoms with van der Waals surface area (Å²) in [6, 6.07) is 17.8. The summed E-state index contributed by atoms with van der Waals surface area (Å²) in [6.45, 7) is 5.63. The molecule has 2 rings (SSSR count). The molecular weight excluding hydrogens is 336 g/mol. The van der Waals surface area contributed by atoms with E-state index in [1.165, 1.54) is 7.11 Å². The quantitative estimate of drug-likeness (QED) is 0.475. The summed E-state index contributed by atoms with van der Waals surface area (Å²) in [4.78, 5) is 14.2. The molecule has 0 aliphatic carbocycles. The number of carbonyl (C=O) groups excluding carboxylic acids is 1. The van der Waals surface area contributed by atoms with E-state index in [9.17, 15) is 10.1 Å². The highest BCUT2D eigenvalue weighted by Gasteiger charge is 2.21. The molecule has 0 amide bonds. The highest BCUT2D eigenvalue weighted by molar-refractivity contribution is 5.75. The minimum atomic E-state index is -0.272. The normalized spacial score (nSPS) is 11.8. The molecule has 0 saturated heterocycles. The molecule has 0 fully saturated rings. The fourth-order valence-corrected chi connectivity index (χ4v) is 3.15. The molecular formula is C23H28N2O2. The van der Waals surface area contributed by atoms with Crippen molar-refractivity contribution in [2.75, 3.05) is 13.7 Å². The van der Waals surface area contributed by atoms with Gasteiger partial charge in [0.2, 0.25) is 0 Å². The summed E-state index contributed by atoms with van der Waals surface area (Å²) in [5, 5.41) is 9.29. The first-order valence-electron chi connectivity index (χ1n) is 9.51. The van der Waals surface area contributed by atoms with Crippen molar-refractivity contribution in [3.8, 4) is 17.2 Å². The monoisotopic (exact) mass is 364 g/mol. The van der Waals surface area contributed by atoms with Crippen LogP contribution in [0.25, 0.3) is 11.1 Å². The number of rotatable bonds is 9. The van der Waals surface area contributed by atoms with Crippen LogP contribution in [0.1, 0.15) is 44.2 Å². The third kappa shape index (κ3) is 5.67. The minimum absolute atomic E-state index is 0.203. The van der Waals surface area contributed by atoms with Gasteiger partial charge in [-0.05, 0) is 42.6 Å². The molecule has 0 heterocycles. The van der Waals surface area contributed by atoms with Crippen molar-refractivity contribution in [2.45, 2.75) is 45.7 Å². The largest absolute Gasteiger partial charge is 0.468 e. The van der Waals surface area contributed by atoms with E-state index in [1.54, 1.807) is 0 Å². The molecule has 2 aromatic carbocycles. The van der Waals surface area contributed by atoms with Gasteiger partial charge in [-0.2, -0.15) is 5.26 Å². The summed E-state index contributed by atoms with van der Waals surface area (Å²) in [7, 11) is 1.44. The molecule has 0 N–H and O–H groups in total. The van der Waals surface area contributed by atoms with Gasteiger partial charge in [0, 0.05) is 6.54 Å². The fraction of sp³-hybridized carbons (Fsp3) is 0.391. The second-order valence-electron chi connectivity index (χ2n) is 6.73. The van der Waals surface area contributed by atoms with Gasteiger partial charge in [0.25, 0.3) is 0 Å². The third-order valence-corrected chi connectivity index (χ3v) is 4.84. The van der Waals surface area contributed by atoms with E-state index >= 15 is 0 Å². The Labute approximate surface area is 162 Å². The number of ether oxygens (including phenoxy) is 1. The zero-order chi connectivity index (χ0) is 19.6. The highest BCUT2D eigenvalue weighted by atomic mass is 16.5. The topological polar surface area (TPSA) is 53.3 Å². The number of unbranched alkanes of at least 4 members (excludes halogenated alkanes) is 2. The van der Waals surface area contributed by atoms with Gasteiger partial charge in [-0.25, -0.2) is 0 Å². The van der Waals surface area contributed by atoms with E-state index in [-0.39, 0.29) is 12.0 Å². The van der Waals surface area contributed by atoms with Crippen LogP contribution in [-0.4, -0.2) is 30.6 Å². The number of nitriles is 1. The van der Waals surface area contributed by atoms with Crippen LogP contribution in [0.4, 0.5) is 0 Å². The maximum atomic E-state index is 12.0.